The molecule has 4 aromatic rings. The second-order valence-corrected chi connectivity index (χ2v) is 11.1. The Bertz CT molecular complexity index is 1690. The van der Waals surface area contributed by atoms with Gasteiger partial charge in [-0.05, 0) is 69.2 Å². The van der Waals surface area contributed by atoms with Crippen LogP contribution in [-0.2, 0) is 16.2 Å². The Balaban J connectivity index is 0.00000370. The van der Waals surface area contributed by atoms with Crippen LogP contribution in [0.4, 0.5) is 18.9 Å². The molecule has 2 aromatic heterocycles. The number of rotatable bonds is 7. The molecule has 0 atom stereocenters. The summed E-state index contributed by atoms with van der Waals surface area (Å²) in [5.41, 5.74) is -0.249. The van der Waals surface area contributed by atoms with Crippen molar-refractivity contribution >= 4 is 21.2 Å². The molecule has 5 rings (SSSR count). The van der Waals surface area contributed by atoms with Gasteiger partial charge in [-0.1, -0.05) is 20.3 Å². The van der Waals surface area contributed by atoms with Gasteiger partial charge >= 0.3 is 6.18 Å². The largest absolute Gasteiger partial charge is 0.493 e. The molecule has 0 bridgehead atoms. The van der Waals surface area contributed by atoms with E-state index in [1.165, 1.54) is 22.7 Å². The fraction of sp³-hybridized carbons (Fsp3) is 0.370. The maximum Gasteiger partial charge on any atom is 0.416 e. The van der Waals surface area contributed by atoms with Crippen molar-refractivity contribution in [1.82, 2.24) is 19.6 Å². The number of aryl methyl sites for hydroxylation is 1. The quantitative estimate of drug-likeness (QED) is 0.282. The van der Waals surface area contributed by atoms with Crippen molar-refractivity contribution in [2.24, 2.45) is 0 Å². The number of nitrogens with one attached hydrogen (secondary N) is 2. The smallest absolute Gasteiger partial charge is 0.416 e. The fourth-order valence-electron chi connectivity index (χ4n) is 4.85. The third-order valence-electron chi connectivity index (χ3n) is 6.70. The van der Waals surface area contributed by atoms with E-state index in [1.807, 2.05) is 0 Å². The number of fused-ring (bicyclic) bond motifs is 1. The monoisotopic (exact) mass is 577 g/mol. The first-order valence-electron chi connectivity index (χ1n) is 12.4. The summed E-state index contributed by atoms with van der Waals surface area (Å²) in [6.45, 7) is 3.78. The van der Waals surface area contributed by atoms with Crippen molar-refractivity contribution in [1.29, 1.82) is 0 Å². The number of hydrogen-bond acceptors (Lipinski definition) is 6. The molecule has 0 radical (unpaired) electrons. The molecule has 2 N–H and O–H groups in total. The number of benzene rings is 2. The van der Waals surface area contributed by atoms with Crippen molar-refractivity contribution in [2.45, 2.75) is 63.9 Å². The Morgan fingerprint density at radius 1 is 1.12 bits per heavy atom. The van der Waals surface area contributed by atoms with E-state index in [0.29, 0.717) is 22.8 Å². The first-order chi connectivity index (χ1) is 18.5. The summed E-state index contributed by atoms with van der Waals surface area (Å²) in [6.07, 6.45) is -0.534. The Morgan fingerprint density at radius 3 is 2.42 bits per heavy atom. The van der Waals surface area contributed by atoms with Gasteiger partial charge in [-0.3, -0.25) is 9.52 Å². The molecular weight excluding hydrogens is 547 g/mol. The number of sulfonamides is 1. The summed E-state index contributed by atoms with van der Waals surface area (Å²) >= 11 is 0. The van der Waals surface area contributed by atoms with Gasteiger partial charge in [0.15, 0.2) is 11.3 Å². The maximum atomic E-state index is 13.2. The summed E-state index contributed by atoms with van der Waals surface area (Å²) in [5.74, 6) is 1.25. The summed E-state index contributed by atoms with van der Waals surface area (Å²) < 4.78 is 74.5. The first kappa shape index (κ1) is 29.1. The molecular formula is C27H30F3N5O4S. The van der Waals surface area contributed by atoms with Gasteiger partial charge in [0.25, 0.3) is 15.6 Å². The number of H-pyrrole nitrogens is 1. The fourth-order valence-corrected chi connectivity index (χ4v) is 5.93. The summed E-state index contributed by atoms with van der Waals surface area (Å²) in [6, 6.07) is 7.72. The van der Waals surface area contributed by atoms with Crippen molar-refractivity contribution in [3.05, 3.63) is 69.9 Å². The highest BCUT2D eigenvalue weighted by Crippen LogP contribution is 2.35. The van der Waals surface area contributed by atoms with Crippen molar-refractivity contribution < 1.29 is 26.3 Å². The summed E-state index contributed by atoms with van der Waals surface area (Å²) in [7, 11) is -4.22. The Kier molecular flexibility index (Phi) is 7.97. The summed E-state index contributed by atoms with van der Waals surface area (Å²) in [5, 5.41) is 4.65. The second kappa shape index (κ2) is 11.0. The minimum Gasteiger partial charge on any atom is -0.493 e. The molecule has 1 aliphatic carbocycles. The van der Waals surface area contributed by atoms with Gasteiger partial charge in [0, 0.05) is 11.6 Å². The molecule has 40 heavy (non-hydrogen) atoms. The van der Waals surface area contributed by atoms with Crippen LogP contribution < -0.4 is 15.0 Å². The van der Waals surface area contributed by atoms with E-state index in [1.54, 1.807) is 13.8 Å². The third-order valence-corrected chi connectivity index (χ3v) is 8.08. The van der Waals surface area contributed by atoms with E-state index in [2.05, 4.69) is 19.8 Å². The SMILES string of the molecule is C.CCOc1ccc(S(=O)(=O)Nc2ccc(C(F)(F)F)cc2)cc1-c1nn2c(C3CCCC3)nc(C)c2c(=O)[nH]1. The van der Waals surface area contributed by atoms with Crippen molar-refractivity contribution in [3.8, 4) is 17.1 Å². The number of aromatic amines is 1. The number of alkyl halides is 3. The Labute approximate surface area is 229 Å². The lowest BCUT2D eigenvalue weighted by Crippen LogP contribution is -2.17. The lowest BCUT2D eigenvalue weighted by Gasteiger charge is -2.14. The van der Waals surface area contributed by atoms with Crippen LogP contribution in [0, 0.1) is 6.92 Å². The van der Waals surface area contributed by atoms with Crippen LogP contribution in [-0.4, -0.2) is 34.6 Å². The number of ether oxygens (including phenoxy) is 1. The zero-order chi connectivity index (χ0) is 27.9. The number of anilines is 1. The number of imidazole rings is 1. The zero-order valence-corrected chi connectivity index (χ0v) is 22.0. The normalized spacial score (nSPS) is 14.3. The molecule has 1 saturated carbocycles. The number of hydrogen-bond donors (Lipinski definition) is 2. The van der Waals surface area contributed by atoms with Crippen LogP contribution in [0.1, 0.15) is 63.0 Å². The van der Waals surface area contributed by atoms with E-state index in [-0.39, 0.29) is 41.9 Å². The number of nitrogens with zero attached hydrogens (tertiary/aromatic N) is 3. The van der Waals surface area contributed by atoms with Gasteiger partial charge in [-0.2, -0.15) is 13.2 Å². The molecule has 2 heterocycles. The van der Waals surface area contributed by atoms with Crippen LogP contribution in [0.15, 0.2) is 52.2 Å². The lowest BCUT2D eigenvalue weighted by molar-refractivity contribution is -0.137. The van der Waals surface area contributed by atoms with Crippen LogP contribution >= 0.6 is 0 Å². The average Bonchev–Trinajstić information content (AvgIpc) is 3.52. The average molecular weight is 578 g/mol. The van der Waals surface area contributed by atoms with Gasteiger partial charge < -0.3 is 9.72 Å². The lowest BCUT2D eigenvalue weighted by atomic mass is 10.1. The molecule has 1 fully saturated rings. The predicted molar refractivity (Wildman–Crippen MR) is 145 cm³/mol. The van der Waals surface area contributed by atoms with E-state index in [4.69, 9.17) is 4.74 Å². The molecule has 9 nitrogen and oxygen atoms in total. The highest BCUT2D eigenvalue weighted by molar-refractivity contribution is 7.92. The topological polar surface area (TPSA) is 118 Å². The molecule has 0 unspecified atom stereocenters. The minimum atomic E-state index is -4.54. The van der Waals surface area contributed by atoms with Gasteiger partial charge in [-0.15, -0.1) is 5.10 Å². The first-order valence-corrected chi connectivity index (χ1v) is 13.9. The van der Waals surface area contributed by atoms with Crippen LogP contribution in [0.5, 0.6) is 5.75 Å². The van der Waals surface area contributed by atoms with Crippen molar-refractivity contribution in [3.63, 3.8) is 0 Å². The molecule has 0 aliphatic heterocycles. The zero-order valence-electron chi connectivity index (χ0n) is 21.2. The van der Waals surface area contributed by atoms with Crippen LogP contribution in [0.2, 0.25) is 0 Å². The van der Waals surface area contributed by atoms with E-state index < -0.39 is 27.3 Å². The summed E-state index contributed by atoms with van der Waals surface area (Å²) in [4.78, 5) is 20.3. The second-order valence-electron chi connectivity index (χ2n) is 9.37. The Hall–Kier alpha value is -3.87. The highest BCUT2D eigenvalue weighted by atomic mass is 32.2. The minimum absolute atomic E-state index is 0. The molecule has 0 saturated heterocycles. The Morgan fingerprint density at radius 2 is 1.80 bits per heavy atom. The standard InChI is InChI=1S/C26H26F3N5O4S.CH4/c1-3-38-21-13-12-19(39(36,37)33-18-10-8-17(9-11-18)26(27,28)29)14-20(21)23-31-25(35)22-15(2)30-24(34(22)32-23)16-6-4-5-7-16;/h8-14,16,33H,3-7H2,1-2H3,(H,31,32,35);1H4. The van der Waals surface area contributed by atoms with Crippen molar-refractivity contribution in [2.75, 3.05) is 11.3 Å². The molecule has 13 heteroatoms. The van der Waals surface area contributed by atoms with Crippen LogP contribution in [0.3, 0.4) is 0 Å². The molecule has 214 valence electrons. The number of halogens is 3. The number of aromatic nitrogens is 4. The highest BCUT2D eigenvalue weighted by Gasteiger charge is 2.30. The van der Waals surface area contributed by atoms with E-state index in [0.717, 1.165) is 49.9 Å². The van der Waals surface area contributed by atoms with E-state index in [9.17, 15) is 26.4 Å². The van der Waals surface area contributed by atoms with Gasteiger partial charge in [0.2, 0.25) is 0 Å². The van der Waals surface area contributed by atoms with Crippen LogP contribution in [0.25, 0.3) is 16.9 Å². The van der Waals surface area contributed by atoms with Gasteiger partial charge in [0.1, 0.15) is 11.6 Å². The molecule has 0 amide bonds. The molecule has 2 aromatic carbocycles. The predicted octanol–water partition coefficient (Wildman–Crippen LogP) is 5.91. The molecule has 0 spiro atoms. The maximum absolute atomic E-state index is 13.2. The molecule has 1 aliphatic rings. The van der Waals surface area contributed by atoms with Gasteiger partial charge in [0.05, 0.1) is 28.3 Å². The van der Waals surface area contributed by atoms with Gasteiger partial charge in [-0.25, -0.2) is 17.9 Å². The third kappa shape index (κ3) is 5.55. The van der Waals surface area contributed by atoms with E-state index >= 15 is 0 Å².